The van der Waals surface area contributed by atoms with E-state index in [9.17, 15) is 4.39 Å². The van der Waals surface area contributed by atoms with Crippen LogP contribution in [-0.4, -0.2) is 19.3 Å². The van der Waals surface area contributed by atoms with E-state index in [1.54, 1.807) is 13.2 Å². The highest BCUT2D eigenvalue weighted by Gasteiger charge is 2.30. The Morgan fingerprint density at radius 1 is 1.47 bits per heavy atom. The highest BCUT2D eigenvalue weighted by atomic mass is 19.1. The Morgan fingerprint density at radius 2 is 2.24 bits per heavy atom. The van der Waals surface area contributed by atoms with E-state index in [1.807, 2.05) is 6.92 Å². The van der Waals surface area contributed by atoms with Gasteiger partial charge in [-0.25, -0.2) is 4.39 Å². The lowest BCUT2D eigenvalue weighted by Gasteiger charge is -2.21. The molecular weight excluding hydrogens is 221 g/mol. The standard InChI is InChI=1S/C13H18FNO2/c1-8-3-5-12(17-8)13(15)10-7-9(14)4-6-11(10)16-2/h4,6-8,12-13H,3,5,15H2,1-2H3. The van der Waals surface area contributed by atoms with Crippen molar-refractivity contribution in [2.24, 2.45) is 5.73 Å². The number of hydrogen-bond acceptors (Lipinski definition) is 3. The summed E-state index contributed by atoms with van der Waals surface area (Å²) in [6.07, 6.45) is 2.07. The molecule has 0 amide bonds. The van der Waals surface area contributed by atoms with Gasteiger partial charge in [-0.05, 0) is 38.0 Å². The highest BCUT2D eigenvalue weighted by molar-refractivity contribution is 5.37. The Kier molecular flexibility index (Phi) is 3.64. The van der Waals surface area contributed by atoms with Crippen LogP contribution in [0.4, 0.5) is 4.39 Å². The first kappa shape index (κ1) is 12.3. The number of benzene rings is 1. The first-order valence-corrected chi connectivity index (χ1v) is 5.86. The molecule has 1 fully saturated rings. The van der Waals surface area contributed by atoms with Crippen LogP contribution < -0.4 is 10.5 Å². The van der Waals surface area contributed by atoms with Crippen molar-refractivity contribution < 1.29 is 13.9 Å². The van der Waals surface area contributed by atoms with E-state index in [1.165, 1.54) is 12.1 Å². The second-order valence-corrected chi connectivity index (χ2v) is 4.47. The number of rotatable bonds is 3. The summed E-state index contributed by atoms with van der Waals surface area (Å²) >= 11 is 0. The third-order valence-corrected chi connectivity index (χ3v) is 3.22. The summed E-state index contributed by atoms with van der Waals surface area (Å²) in [6.45, 7) is 2.02. The van der Waals surface area contributed by atoms with Gasteiger partial charge in [0.15, 0.2) is 0 Å². The van der Waals surface area contributed by atoms with E-state index < -0.39 is 0 Å². The van der Waals surface area contributed by atoms with Gasteiger partial charge >= 0.3 is 0 Å². The largest absolute Gasteiger partial charge is 0.496 e. The minimum atomic E-state index is -0.342. The normalized spacial score (nSPS) is 25.9. The van der Waals surface area contributed by atoms with Gasteiger partial charge in [0.2, 0.25) is 0 Å². The van der Waals surface area contributed by atoms with Gasteiger partial charge in [0.1, 0.15) is 11.6 Å². The second kappa shape index (κ2) is 5.02. The molecule has 2 N–H and O–H groups in total. The van der Waals surface area contributed by atoms with Crippen LogP contribution in [0.5, 0.6) is 5.75 Å². The molecule has 1 aliphatic rings. The van der Waals surface area contributed by atoms with E-state index >= 15 is 0 Å². The molecule has 1 aliphatic heterocycles. The summed E-state index contributed by atoms with van der Waals surface area (Å²) in [6, 6.07) is 4.05. The van der Waals surface area contributed by atoms with Crippen LogP contribution in [0, 0.1) is 5.82 Å². The van der Waals surface area contributed by atoms with Crippen molar-refractivity contribution in [3.8, 4) is 5.75 Å². The summed E-state index contributed by atoms with van der Waals surface area (Å²) in [4.78, 5) is 0. The molecule has 1 saturated heterocycles. The lowest BCUT2D eigenvalue weighted by molar-refractivity contribution is 0.0396. The zero-order chi connectivity index (χ0) is 12.4. The van der Waals surface area contributed by atoms with E-state index in [0.29, 0.717) is 11.3 Å². The Hall–Kier alpha value is -1.13. The maximum atomic E-state index is 13.3. The topological polar surface area (TPSA) is 44.5 Å². The molecule has 94 valence electrons. The van der Waals surface area contributed by atoms with E-state index in [-0.39, 0.29) is 24.1 Å². The summed E-state index contributed by atoms with van der Waals surface area (Å²) in [5, 5.41) is 0. The molecule has 3 unspecified atom stereocenters. The van der Waals surface area contributed by atoms with Crippen molar-refractivity contribution in [1.29, 1.82) is 0 Å². The first-order chi connectivity index (χ1) is 8.11. The molecule has 0 aliphatic carbocycles. The predicted octanol–water partition coefficient (Wildman–Crippen LogP) is 2.40. The molecule has 0 aromatic heterocycles. The zero-order valence-corrected chi connectivity index (χ0v) is 10.2. The van der Waals surface area contributed by atoms with Crippen LogP contribution in [0.2, 0.25) is 0 Å². The molecule has 1 heterocycles. The van der Waals surface area contributed by atoms with Gasteiger partial charge in [0, 0.05) is 5.56 Å². The Balaban J connectivity index is 2.23. The maximum Gasteiger partial charge on any atom is 0.123 e. The van der Waals surface area contributed by atoms with Crippen LogP contribution in [0.1, 0.15) is 31.4 Å². The van der Waals surface area contributed by atoms with Gasteiger partial charge in [-0.1, -0.05) is 0 Å². The van der Waals surface area contributed by atoms with E-state index in [2.05, 4.69) is 0 Å². The van der Waals surface area contributed by atoms with Crippen molar-refractivity contribution in [2.75, 3.05) is 7.11 Å². The molecule has 3 atom stereocenters. The molecule has 0 spiro atoms. The Morgan fingerprint density at radius 3 is 2.82 bits per heavy atom. The molecule has 17 heavy (non-hydrogen) atoms. The minimum absolute atomic E-state index is 0.0549. The molecular formula is C13H18FNO2. The molecule has 0 bridgehead atoms. The van der Waals surface area contributed by atoms with E-state index in [0.717, 1.165) is 12.8 Å². The van der Waals surface area contributed by atoms with Gasteiger partial charge in [-0.2, -0.15) is 0 Å². The molecule has 3 nitrogen and oxygen atoms in total. The third kappa shape index (κ3) is 2.58. The molecule has 1 aromatic rings. The maximum absolute atomic E-state index is 13.3. The van der Waals surface area contributed by atoms with Crippen LogP contribution in [0.15, 0.2) is 18.2 Å². The fourth-order valence-electron chi connectivity index (χ4n) is 2.26. The molecule has 1 aromatic carbocycles. The third-order valence-electron chi connectivity index (χ3n) is 3.22. The molecule has 4 heteroatoms. The monoisotopic (exact) mass is 239 g/mol. The van der Waals surface area contributed by atoms with E-state index in [4.69, 9.17) is 15.2 Å². The SMILES string of the molecule is COc1ccc(F)cc1C(N)C1CCC(C)O1. The van der Waals surface area contributed by atoms with Crippen LogP contribution >= 0.6 is 0 Å². The lowest BCUT2D eigenvalue weighted by Crippen LogP contribution is -2.26. The van der Waals surface area contributed by atoms with Crippen molar-refractivity contribution in [2.45, 2.75) is 38.0 Å². The Labute approximate surface area is 101 Å². The Bertz CT molecular complexity index is 397. The zero-order valence-electron chi connectivity index (χ0n) is 10.2. The number of hydrogen-bond donors (Lipinski definition) is 1. The number of ether oxygens (including phenoxy) is 2. The fraction of sp³-hybridized carbons (Fsp3) is 0.538. The number of nitrogens with two attached hydrogens (primary N) is 1. The summed E-state index contributed by atoms with van der Waals surface area (Å²) < 4.78 is 24.2. The molecule has 2 rings (SSSR count). The summed E-state index contributed by atoms with van der Waals surface area (Å²) in [5.41, 5.74) is 6.81. The second-order valence-electron chi connectivity index (χ2n) is 4.47. The average Bonchev–Trinajstić information content (AvgIpc) is 2.75. The highest BCUT2D eigenvalue weighted by Crippen LogP contribution is 2.33. The van der Waals surface area contributed by atoms with Gasteiger partial charge in [-0.15, -0.1) is 0 Å². The smallest absolute Gasteiger partial charge is 0.123 e. The number of methoxy groups -OCH3 is 1. The van der Waals surface area contributed by atoms with Gasteiger partial charge in [0.25, 0.3) is 0 Å². The predicted molar refractivity (Wildman–Crippen MR) is 63.4 cm³/mol. The molecule has 0 radical (unpaired) electrons. The van der Waals surface area contributed by atoms with Crippen molar-refractivity contribution >= 4 is 0 Å². The number of halogens is 1. The summed E-state index contributed by atoms with van der Waals surface area (Å²) in [5.74, 6) is 0.310. The summed E-state index contributed by atoms with van der Waals surface area (Å²) in [7, 11) is 1.56. The molecule has 0 saturated carbocycles. The van der Waals surface area contributed by atoms with Crippen LogP contribution in [-0.2, 0) is 4.74 Å². The minimum Gasteiger partial charge on any atom is -0.496 e. The first-order valence-electron chi connectivity index (χ1n) is 5.86. The van der Waals surface area contributed by atoms with Gasteiger partial charge < -0.3 is 15.2 Å². The lowest BCUT2D eigenvalue weighted by atomic mass is 9.99. The van der Waals surface area contributed by atoms with Crippen LogP contribution in [0.25, 0.3) is 0 Å². The fourth-order valence-corrected chi connectivity index (χ4v) is 2.26. The van der Waals surface area contributed by atoms with Crippen molar-refractivity contribution in [1.82, 2.24) is 0 Å². The van der Waals surface area contributed by atoms with Crippen LogP contribution in [0.3, 0.4) is 0 Å². The van der Waals surface area contributed by atoms with Crippen molar-refractivity contribution in [3.05, 3.63) is 29.6 Å². The van der Waals surface area contributed by atoms with Gasteiger partial charge in [-0.3, -0.25) is 0 Å². The van der Waals surface area contributed by atoms with Crippen molar-refractivity contribution in [3.63, 3.8) is 0 Å². The average molecular weight is 239 g/mol. The quantitative estimate of drug-likeness (QED) is 0.881. The van der Waals surface area contributed by atoms with Gasteiger partial charge in [0.05, 0.1) is 25.4 Å².